The minimum Gasteiger partial charge on any atom is -0.481 e. The number of aliphatic hydroxyl groups excluding tert-OH is 3. The first kappa shape index (κ1) is 26.1. The van der Waals surface area contributed by atoms with Gasteiger partial charge in [0.2, 0.25) is 0 Å². The number of alkyl halides is 3. The first-order valence-electron chi connectivity index (χ1n) is 10.8. The Morgan fingerprint density at radius 2 is 1.94 bits per heavy atom. The van der Waals surface area contributed by atoms with Crippen molar-refractivity contribution in [2.24, 2.45) is 11.8 Å². The second-order valence-electron chi connectivity index (χ2n) is 8.29. The van der Waals surface area contributed by atoms with Crippen molar-refractivity contribution in [3.05, 3.63) is 59.7 Å². The zero-order chi connectivity index (χ0) is 23.7. The molecule has 178 valence electrons. The van der Waals surface area contributed by atoms with Crippen molar-refractivity contribution in [3.63, 3.8) is 0 Å². The lowest BCUT2D eigenvalue weighted by atomic mass is 9.89. The predicted octanol–water partition coefficient (Wildman–Crippen LogP) is 4.11. The Morgan fingerprint density at radius 3 is 2.62 bits per heavy atom. The number of benzene rings is 1. The Bertz CT molecular complexity index is 790. The molecule has 0 radical (unpaired) electrons. The first-order valence-corrected chi connectivity index (χ1v) is 10.8. The zero-order valence-corrected chi connectivity index (χ0v) is 17.8. The standard InChI is InChI=1S/C24H31F3O5/c25-24(26,27)17-7-5-6-16(14-17)10-11-18(28)12-13-20-19(21(29)15-22(20)30)8-3-1-2-4-9-23(31)32/h1,3,5-7,12-14,18-22,28-30H,2,4,8-11,15H2,(H,31,32)/t18-,19+,20+,21-,22+/m0/s1. The summed E-state index contributed by atoms with van der Waals surface area (Å²) in [6, 6.07) is 5.01. The Hall–Kier alpha value is -2.16. The molecule has 32 heavy (non-hydrogen) atoms. The van der Waals surface area contributed by atoms with Gasteiger partial charge >= 0.3 is 12.1 Å². The lowest BCUT2D eigenvalue weighted by Crippen LogP contribution is -2.20. The number of aliphatic hydroxyl groups is 3. The average molecular weight is 457 g/mol. The van der Waals surface area contributed by atoms with Crippen LogP contribution in [0.5, 0.6) is 0 Å². The third-order valence-electron chi connectivity index (χ3n) is 5.79. The number of hydrogen-bond acceptors (Lipinski definition) is 4. The molecule has 5 atom stereocenters. The molecule has 0 amide bonds. The van der Waals surface area contributed by atoms with Gasteiger partial charge in [0, 0.05) is 18.8 Å². The van der Waals surface area contributed by atoms with Gasteiger partial charge in [-0.3, -0.25) is 4.79 Å². The summed E-state index contributed by atoms with van der Waals surface area (Å²) in [5.41, 5.74) is -0.239. The summed E-state index contributed by atoms with van der Waals surface area (Å²) >= 11 is 0. The highest BCUT2D eigenvalue weighted by molar-refractivity contribution is 5.66. The SMILES string of the molecule is O=C(O)CCCC=CC[C@@H]1[C@@H](C=C[C@@H](O)CCc2cccc(C(F)(F)F)c2)[C@H](O)C[C@@H]1O. The molecule has 5 nitrogen and oxygen atoms in total. The topological polar surface area (TPSA) is 98.0 Å². The molecule has 1 aliphatic rings. The second kappa shape index (κ2) is 12.2. The molecule has 1 aromatic rings. The highest BCUT2D eigenvalue weighted by Gasteiger charge is 2.39. The number of hydrogen-bond donors (Lipinski definition) is 4. The molecule has 1 aromatic carbocycles. The molecule has 2 rings (SSSR count). The van der Waals surface area contributed by atoms with Gasteiger partial charge in [-0.1, -0.05) is 42.5 Å². The Labute approximate surface area is 185 Å². The van der Waals surface area contributed by atoms with E-state index in [1.54, 1.807) is 12.1 Å². The molecule has 4 N–H and O–H groups in total. The molecule has 0 heterocycles. The Morgan fingerprint density at radius 1 is 1.19 bits per heavy atom. The number of carboxylic acid groups (broad SMARTS) is 1. The Balaban J connectivity index is 1.87. The van der Waals surface area contributed by atoms with Gasteiger partial charge < -0.3 is 20.4 Å². The molecule has 1 saturated carbocycles. The van der Waals surface area contributed by atoms with Gasteiger partial charge in [0.1, 0.15) is 0 Å². The fourth-order valence-corrected chi connectivity index (χ4v) is 4.02. The number of unbranched alkanes of at least 4 members (excludes halogenated alkanes) is 1. The van der Waals surface area contributed by atoms with Crippen molar-refractivity contribution < 1.29 is 38.4 Å². The van der Waals surface area contributed by atoms with Crippen LogP contribution in [0.2, 0.25) is 0 Å². The summed E-state index contributed by atoms with van der Waals surface area (Å²) < 4.78 is 38.4. The van der Waals surface area contributed by atoms with Crippen LogP contribution >= 0.6 is 0 Å². The third-order valence-corrected chi connectivity index (χ3v) is 5.79. The van der Waals surface area contributed by atoms with E-state index >= 15 is 0 Å². The van der Waals surface area contributed by atoms with E-state index in [1.165, 1.54) is 12.1 Å². The van der Waals surface area contributed by atoms with E-state index in [2.05, 4.69) is 0 Å². The molecule has 0 aliphatic heterocycles. The van der Waals surface area contributed by atoms with Crippen LogP contribution in [0.4, 0.5) is 13.2 Å². The van der Waals surface area contributed by atoms with Crippen LogP contribution in [0.1, 0.15) is 49.7 Å². The minimum atomic E-state index is -4.41. The van der Waals surface area contributed by atoms with Gasteiger partial charge in [-0.25, -0.2) is 0 Å². The van der Waals surface area contributed by atoms with Crippen molar-refractivity contribution in [2.75, 3.05) is 0 Å². The number of halogens is 3. The van der Waals surface area contributed by atoms with E-state index in [4.69, 9.17) is 5.11 Å². The van der Waals surface area contributed by atoms with Crippen molar-refractivity contribution in [1.29, 1.82) is 0 Å². The van der Waals surface area contributed by atoms with Crippen LogP contribution in [-0.2, 0) is 17.4 Å². The fraction of sp³-hybridized carbons (Fsp3) is 0.542. The number of rotatable bonds is 11. The quantitative estimate of drug-likeness (QED) is 0.297. The number of aryl methyl sites for hydroxylation is 1. The molecular formula is C24H31F3O5. The molecule has 0 bridgehead atoms. The number of aliphatic carboxylic acids is 1. The van der Waals surface area contributed by atoms with Crippen molar-refractivity contribution in [2.45, 2.75) is 69.4 Å². The first-order chi connectivity index (χ1) is 15.1. The van der Waals surface area contributed by atoms with Crippen molar-refractivity contribution >= 4 is 5.97 Å². The highest BCUT2D eigenvalue weighted by atomic mass is 19.4. The second-order valence-corrected chi connectivity index (χ2v) is 8.29. The average Bonchev–Trinajstić information content (AvgIpc) is 2.99. The van der Waals surface area contributed by atoms with Gasteiger partial charge in [-0.15, -0.1) is 0 Å². The number of allylic oxidation sites excluding steroid dienone is 2. The molecule has 0 unspecified atom stereocenters. The van der Waals surface area contributed by atoms with Crippen LogP contribution in [0, 0.1) is 11.8 Å². The monoisotopic (exact) mass is 456 g/mol. The number of carboxylic acids is 1. The molecule has 8 heteroatoms. The van der Waals surface area contributed by atoms with Gasteiger partial charge in [0.25, 0.3) is 0 Å². The number of carbonyl (C=O) groups is 1. The van der Waals surface area contributed by atoms with Gasteiger partial charge in [0.15, 0.2) is 0 Å². The Kier molecular flexibility index (Phi) is 9.93. The summed E-state index contributed by atoms with van der Waals surface area (Å²) in [5, 5.41) is 39.4. The van der Waals surface area contributed by atoms with Crippen LogP contribution < -0.4 is 0 Å². The summed E-state index contributed by atoms with van der Waals surface area (Å²) in [7, 11) is 0. The van der Waals surface area contributed by atoms with Crippen LogP contribution in [0.25, 0.3) is 0 Å². The predicted molar refractivity (Wildman–Crippen MR) is 114 cm³/mol. The molecule has 0 spiro atoms. The van der Waals surface area contributed by atoms with E-state index in [-0.39, 0.29) is 37.5 Å². The van der Waals surface area contributed by atoms with Crippen LogP contribution in [0.3, 0.4) is 0 Å². The maximum Gasteiger partial charge on any atom is 0.416 e. The third kappa shape index (κ3) is 8.41. The smallest absolute Gasteiger partial charge is 0.416 e. The van der Waals surface area contributed by atoms with E-state index in [9.17, 15) is 33.3 Å². The molecule has 0 saturated heterocycles. The van der Waals surface area contributed by atoms with Crippen molar-refractivity contribution in [1.82, 2.24) is 0 Å². The van der Waals surface area contributed by atoms with Gasteiger partial charge in [-0.2, -0.15) is 13.2 Å². The van der Waals surface area contributed by atoms with E-state index in [1.807, 2.05) is 12.2 Å². The van der Waals surface area contributed by atoms with E-state index in [0.717, 1.165) is 12.1 Å². The van der Waals surface area contributed by atoms with Crippen molar-refractivity contribution in [3.8, 4) is 0 Å². The minimum absolute atomic E-state index is 0.0961. The summed E-state index contributed by atoms with van der Waals surface area (Å²) in [6.45, 7) is 0. The van der Waals surface area contributed by atoms with Gasteiger partial charge in [0.05, 0.1) is 23.9 Å². The van der Waals surface area contributed by atoms with Crippen LogP contribution in [0.15, 0.2) is 48.6 Å². The molecule has 1 aliphatic carbocycles. The zero-order valence-electron chi connectivity index (χ0n) is 17.8. The highest BCUT2D eigenvalue weighted by Crippen LogP contribution is 2.36. The molecule has 0 aromatic heterocycles. The summed E-state index contributed by atoms with van der Waals surface area (Å²) in [5.74, 6) is -1.42. The summed E-state index contributed by atoms with van der Waals surface area (Å²) in [4.78, 5) is 10.5. The molecular weight excluding hydrogens is 425 g/mol. The fourth-order valence-electron chi connectivity index (χ4n) is 4.02. The lowest BCUT2D eigenvalue weighted by Gasteiger charge is -2.19. The van der Waals surface area contributed by atoms with E-state index in [0.29, 0.717) is 24.8 Å². The summed E-state index contributed by atoms with van der Waals surface area (Å²) in [6.07, 6.45) is 2.71. The van der Waals surface area contributed by atoms with E-state index < -0.39 is 36.0 Å². The van der Waals surface area contributed by atoms with Gasteiger partial charge in [-0.05, 0) is 49.7 Å². The maximum absolute atomic E-state index is 12.8. The maximum atomic E-state index is 12.8. The van der Waals surface area contributed by atoms with Crippen LogP contribution in [-0.4, -0.2) is 44.7 Å². The largest absolute Gasteiger partial charge is 0.481 e. The lowest BCUT2D eigenvalue weighted by molar-refractivity contribution is -0.138. The molecule has 1 fully saturated rings. The normalized spacial score (nSPS) is 25.1.